The maximum absolute atomic E-state index is 6.34. The van der Waals surface area contributed by atoms with E-state index >= 15 is 0 Å². The average molecular weight is 239 g/mol. The highest BCUT2D eigenvalue weighted by Gasteiger charge is 2.29. The molecule has 16 heavy (non-hydrogen) atoms. The summed E-state index contributed by atoms with van der Waals surface area (Å²) in [5, 5.41) is 6.80. The average Bonchev–Trinajstić information content (AvgIpc) is 2.91. The van der Waals surface area contributed by atoms with Gasteiger partial charge in [0.25, 0.3) is 0 Å². The Morgan fingerprint density at radius 3 is 2.88 bits per heavy atom. The summed E-state index contributed by atoms with van der Waals surface area (Å²) in [7, 11) is 0. The minimum Gasteiger partial charge on any atom is -0.324 e. The van der Waals surface area contributed by atoms with E-state index in [0.717, 1.165) is 25.8 Å². The molecule has 1 aliphatic rings. The Morgan fingerprint density at radius 2 is 2.31 bits per heavy atom. The number of nitrogens with two attached hydrogens (primary N) is 1. The summed E-state index contributed by atoms with van der Waals surface area (Å²) in [4.78, 5) is 4.37. The minimum atomic E-state index is 0.0324. The first-order chi connectivity index (χ1) is 7.73. The van der Waals surface area contributed by atoms with E-state index in [2.05, 4.69) is 17.2 Å². The number of hydrogen-bond donors (Lipinski definition) is 2. The van der Waals surface area contributed by atoms with Gasteiger partial charge in [-0.3, -0.25) is 0 Å². The van der Waals surface area contributed by atoms with E-state index in [4.69, 9.17) is 5.73 Å². The van der Waals surface area contributed by atoms with Crippen molar-refractivity contribution in [3.8, 4) is 0 Å². The normalized spacial score (nSPS) is 21.1. The van der Waals surface area contributed by atoms with Crippen molar-refractivity contribution >= 4 is 11.3 Å². The number of nitrogens with one attached hydrogen (secondary N) is 1. The lowest BCUT2D eigenvalue weighted by atomic mass is 9.99. The van der Waals surface area contributed by atoms with Crippen LogP contribution < -0.4 is 11.1 Å². The third-order valence-corrected chi connectivity index (χ3v) is 4.35. The molecule has 0 aromatic carbocycles. The molecule has 90 valence electrons. The summed E-state index contributed by atoms with van der Waals surface area (Å²) in [5.74, 6) is 0. The lowest BCUT2D eigenvalue weighted by Gasteiger charge is -2.26. The maximum atomic E-state index is 6.34. The van der Waals surface area contributed by atoms with Crippen LogP contribution in [0.5, 0.6) is 0 Å². The predicted octanol–water partition coefficient (Wildman–Crippen LogP) is 2.46. The molecule has 0 bridgehead atoms. The Bertz CT molecular complexity index is 304. The number of rotatable bonds is 5. The molecule has 1 fully saturated rings. The molecule has 3 N–H and O–H groups in total. The number of thiazole rings is 1. The van der Waals surface area contributed by atoms with Gasteiger partial charge < -0.3 is 11.1 Å². The summed E-state index contributed by atoms with van der Waals surface area (Å²) in [5.41, 5.74) is 6.37. The number of nitrogens with zero attached hydrogens (tertiary/aromatic N) is 1. The van der Waals surface area contributed by atoms with Gasteiger partial charge in [0.05, 0.1) is 6.04 Å². The lowest BCUT2D eigenvalue weighted by molar-refractivity contribution is 0.372. The van der Waals surface area contributed by atoms with Crippen molar-refractivity contribution < 1.29 is 0 Å². The Balaban J connectivity index is 1.88. The number of hydrogen-bond acceptors (Lipinski definition) is 4. The van der Waals surface area contributed by atoms with Crippen molar-refractivity contribution in [3.05, 3.63) is 16.6 Å². The van der Waals surface area contributed by atoms with Crippen LogP contribution in [0.4, 0.5) is 0 Å². The monoisotopic (exact) mass is 239 g/mol. The quantitative estimate of drug-likeness (QED) is 0.830. The molecule has 0 radical (unpaired) electrons. The SMILES string of the molecule is CCC(NCC1(N)CCCC1)c1nccs1. The van der Waals surface area contributed by atoms with Gasteiger partial charge in [0.15, 0.2) is 0 Å². The van der Waals surface area contributed by atoms with Crippen molar-refractivity contribution in [2.24, 2.45) is 5.73 Å². The second kappa shape index (κ2) is 5.25. The van der Waals surface area contributed by atoms with Gasteiger partial charge in [-0.2, -0.15) is 0 Å². The summed E-state index contributed by atoms with van der Waals surface area (Å²) >= 11 is 1.72. The molecule has 1 aliphatic carbocycles. The zero-order chi connectivity index (χ0) is 11.4. The Morgan fingerprint density at radius 1 is 1.56 bits per heavy atom. The first-order valence-corrected chi connectivity index (χ1v) is 7.03. The largest absolute Gasteiger partial charge is 0.324 e. The van der Waals surface area contributed by atoms with Crippen LogP contribution in [0.2, 0.25) is 0 Å². The first-order valence-electron chi connectivity index (χ1n) is 6.15. The van der Waals surface area contributed by atoms with Crippen molar-refractivity contribution in [2.45, 2.75) is 50.6 Å². The molecule has 1 aromatic heterocycles. The van der Waals surface area contributed by atoms with E-state index in [1.165, 1.54) is 17.8 Å². The van der Waals surface area contributed by atoms with Crippen molar-refractivity contribution in [2.75, 3.05) is 6.54 Å². The third kappa shape index (κ3) is 2.81. The zero-order valence-corrected chi connectivity index (χ0v) is 10.7. The van der Waals surface area contributed by atoms with Crippen LogP contribution in [-0.4, -0.2) is 17.1 Å². The summed E-state index contributed by atoms with van der Waals surface area (Å²) in [6, 6.07) is 0.376. The van der Waals surface area contributed by atoms with Gasteiger partial charge in [-0.1, -0.05) is 19.8 Å². The highest BCUT2D eigenvalue weighted by molar-refractivity contribution is 7.09. The molecule has 2 rings (SSSR count). The summed E-state index contributed by atoms with van der Waals surface area (Å²) < 4.78 is 0. The van der Waals surface area contributed by atoms with Crippen molar-refractivity contribution in [3.63, 3.8) is 0 Å². The number of aromatic nitrogens is 1. The fourth-order valence-electron chi connectivity index (χ4n) is 2.40. The molecule has 0 saturated heterocycles. The Hall–Kier alpha value is -0.450. The molecule has 3 nitrogen and oxygen atoms in total. The van der Waals surface area contributed by atoms with E-state index in [9.17, 15) is 0 Å². The van der Waals surface area contributed by atoms with Gasteiger partial charge in [-0.15, -0.1) is 11.3 Å². The zero-order valence-electron chi connectivity index (χ0n) is 9.91. The van der Waals surface area contributed by atoms with Gasteiger partial charge in [0.2, 0.25) is 0 Å². The molecule has 1 saturated carbocycles. The van der Waals surface area contributed by atoms with Gasteiger partial charge >= 0.3 is 0 Å². The summed E-state index contributed by atoms with van der Waals surface area (Å²) in [6.45, 7) is 3.11. The van der Waals surface area contributed by atoms with E-state index in [1.54, 1.807) is 11.3 Å². The predicted molar refractivity (Wildman–Crippen MR) is 68.5 cm³/mol. The van der Waals surface area contributed by atoms with Gasteiger partial charge in [0, 0.05) is 23.7 Å². The molecule has 1 atom stereocenters. The maximum Gasteiger partial charge on any atom is 0.109 e. The van der Waals surface area contributed by atoms with Crippen LogP contribution in [0.1, 0.15) is 50.1 Å². The van der Waals surface area contributed by atoms with Gasteiger partial charge in [-0.25, -0.2) is 4.98 Å². The third-order valence-electron chi connectivity index (χ3n) is 3.46. The minimum absolute atomic E-state index is 0.0324. The van der Waals surface area contributed by atoms with Crippen molar-refractivity contribution in [1.29, 1.82) is 0 Å². The van der Waals surface area contributed by atoms with E-state index in [-0.39, 0.29) is 5.54 Å². The second-order valence-corrected chi connectivity index (χ2v) is 5.71. The molecule has 0 amide bonds. The van der Waals surface area contributed by atoms with Crippen LogP contribution in [0.3, 0.4) is 0 Å². The van der Waals surface area contributed by atoms with Crippen LogP contribution >= 0.6 is 11.3 Å². The molecule has 1 aromatic rings. The van der Waals surface area contributed by atoms with Crippen LogP contribution in [0, 0.1) is 0 Å². The molecular weight excluding hydrogens is 218 g/mol. The van der Waals surface area contributed by atoms with Crippen LogP contribution in [0.15, 0.2) is 11.6 Å². The molecule has 1 unspecified atom stereocenters. The Kier molecular flexibility index (Phi) is 3.95. The molecular formula is C12H21N3S. The first kappa shape index (κ1) is 12.0. The lowest BCUT2D eigenvalue weighted by Crippen LogP contribution is -2.47. The van der Waals surface area contributed by atoms with Crippen molar-refractivity contribution in [1.82, 2.24) is 10.3 Å². The van der Waals surface area contributed by atoms with Crippen LogP contribution in [-0.2, 0) is 0 Å². The fourth-order valence-corrected chi connectivity index (χ4v) is 3.19. The van der Waals surface area contributed by atoms with Gasteiger partial charge in [0.1, 0.15) is 5.01 Å². The molecule has 4 heteroatoms. The topological polar surface area (TPSA) is 50.9 Å². The molecule has 0 aliphatic heterocycles. The Labute approximate surface area is 101 Å². The van der Waals surface area contributed by atoms with E-state index in [0.29, 0.717) is 6.04 Å². The summed E-state index contributed by atoms with van der Waals surface area (Å²) in [6.07, 6.45) is 7.84. The van der Waals surface area contributed by atoms with Gasteiger partial charge in [-0.05, 0) is 19.3 Å². The molecule has 1 heterocycles. The molecule has 0 spiro atoms. The fraction of sp³-hybridized carbons (Fsp3) is 0.750. The van der Waals surface area contributed by atoms with Crippen LogP contribution in [0.25, 0.3) is 0 Å². The second-order valence-electron chi connectivity index (χ2n) is 4.78. The standard InChI is InChI=1S/C12H21N3S/c1-2-10(11-14-7-8-16-11)15-9-12(13)5-3-4-6-12/h7-8,10,15H,2-6,9,13H2,1H3. The highest BCUT2D eigenvalue weighted by atomic mass is 32.1. The van der Waals surface area contributed by atoms with E-state index < -0.39 is 0 Å². The highest BCUT2D eigenvalue weighted by Crippen LogP contribution is 2.27. The van der Waals surface area contributed by atoms with E-state index in [1.807, 2.05) is 11.6 Å². The smallest absolute Gasteiger partial charge is 0.109 e.